The highest BCUT2D eigenvalue weighted by Crippen LogP contribution is 2.36. The first-order chi connectivity index (χ1) is 20.3. The van der Waals surface area contributed by atoms with Gasteiger partial charge in [-0.1, -0.05) is 0 Å². The molecule has 0 spiro atoms. The second kappa shape index (κ2) is 10.6. The topological polar surface area (TPSA) is 153 Å². The quantitative estimate of drug-likeness (QED) is 0.260. The first-order valence-corrected chi connectivity index (χ1v) is 15.3. The SMILES string of the molecule is Cn1nc(-c2cnc(Nc3ccnc(-c4cnn(S(=O)(=O)C5CC5)c4)c3)nc2NC2CCC(C)(O)CC2)cc1C(F)(F)F. The fraction of sp³-hybridized carbons (Fsp3) is 0.444. The van der Waals surface area contributed by atoms with Crippen molar-refractivity contribution in [2.45, 2.75) is 68.5 Å². The molecule has 0 radical (unpaired) electrons. The van der Waals surface area contributed by atoms with Crippen molar-refractivity contribution in [3.05, 3.63) is 48.7 Å². The lowest BCUT2D eigenvalue weighted by Crippen LogP contribution is -2.36. The molecule has 6 rings (SSSR count). The summed E-state index contributed by atoms with van der Waals surface area (Å²) in [5.41, 5.74) is 0.230. The number of nitrogens with zero attached hydrogens (tertiary/aromatic N) is 7. The Balaban J connectivity index is 1.28. The van der Waals surface area contributed by atoms with Crippen molar-refractivity contribution in [3.8, 4) is 22.5 Å². The third kappa shape index (κ3) is 6.20. The number of aromatic nitrogens is 7. The Morgan fingerprint density at radius 3 is 2.49 bits per heavy atom. The Morgan fingerprint density at radius 2 is 1.81 bits per heavy atom. The van der Waals surface area contributed by atoms with Crippen molar-refractivity contribution in [3.63, 3.8) is 0 Å². The van der Waals surface area contributed by atoms with Crippen molar-refractivity contribution in [2.24, 2.45) is 7.05 Å². The molecule has 0 atom stereocenters. The maximum atomic E-state index is 13.5. The maximum Gasteiger partial charge on any atom is 0.433 e. The molecule has 12 nitrogen and oxygen atoms in total. The van der Waals surface area contributed by atoms with Gasteiger partial charge in [0.2, 0.25) is 5.95 Å². The van der Waals surface area contributed by atoms with Crippen LogP contribution in [0.4, 0.5) is 30.6 Å². The van der Waals surface area contributed by atoms with Crippen molar-refractivity contribution >= 4 is 27.5 Å². The third-order valence-electron chi connectivity index (χ3n) is 7.72. The molecule has 16 heteroatoms. The predicted octanol–water partition coefficient (Wildman–Crippen LogP) is 4.34. The van der Waals surface area contributed by atoms with E-state index in [0.29, 0.717) is 66.9 Å². The second-order valence-corrected chi connectivity index (χ2v) is 13.4. The number of anilines is 3. The first-order valence-electron chi connectivity index (χ1n) is 13.8. The van der Waals surface area contributed by atoms with Crippen LogP contribution in [0.3, 0.4) is 0 Å². The van der Waals surface area contributed by atoms with Gasteiger partial charge < -0.3 is 15.7 Å². The van der Waals surface area contributed by atoms with Gasteiger partial charge in [-0.15, -0.1) is 0 Å². The molecule has 4 aromatic rings. The van der Waals surface area contributed by atoms with E-state index < -0.39 is 32.7 Å². The average Bonchev–Trinajstić information content (AvgIpc) is 3.55. The molecule has 2 saturated carbocycles. The Kier molecular flexibility index (Phi) is 7.15. The summed E-state index contributed by atoms with van der Waals surface area (Å²) in [5.74, 6) is 0.474. The van der Waals surface area contributed by atoms with Crippen LogP contribution in [-0.2, 0) is 23.2 Å². The van der Waals surface area contributed by atoms with Crippen LogP contribution in [0.1, 0.15) is 51.1 Å². The Labute approximate surface area is 245 Å². The molecular weight excluding hydrogens is 587 g/mol. The number of pyridine rings is 1. The van der Waals surface area contributed by atoms with E-state index in [-0.39, 0.29) is 17.7 Å². The zero-order valence-electron chi connectivity index (χ0n) is 23.4. The van der Waals surface area contributed by atoms with E-state index in [2.05, 4.69) is 35.8 Å². The normalized spacial score (nSPS) is 21.1. The minimum atomic E-state index is -4.58. The molecule has 0 aliphatic heterocycles. The second-order valence-electron chi connectivity index (χ2n) is 11.3. The summed E-state index contributed by atoms with van der Waals surface area (Å²) in [6.45, 7) is 1.79. The number of nitrogens with one attached hydrogen (secondary N) is 2. The Bertz CT molecular complexity index is 1750. The van der Waals surface area contributed by atoms with E-state index in [1.807, 2.05) is 0 Å². The summed E-state index contributed by atoms with van der Waals surface area (Å²) < 4.78 is 67.3. The number of alkyl halides is 3. The number of aryl methyl sites for hydroxylation is 1. The van der Waals surface area contributed by atoms with Crippen molar-refractivity contribution in [1.82, 2.24) is 33.9 Å². The van der Waals surface area contributed by atoms with Crippen molar-refractivity contribution in [1.29, 1.82) is 0 Å². The Morgan fingerprint density at radius 1 is 1.07 bits per heavy atom. The number of aliphatic hydroxyl groups is 1. The van der Waals surface area contributed by atoms with E-state index in [9.17, 15) is 26.7 Å². The summed E-state index contributed by atoms with van der Waals surface area (Å²) in [7, 11) is -2.29. The van der Waals surface area contributed by atoms with Gasteiger partial charge in [0.25, 0.3) is 10.0 Å². The molecule has 2 fully saturated rings. The smallest absolute Gasteiger partial charge is 0.390 e. The molecule has 4 heterocycles. The van der Waals surface area contributed by atoms with Gasteiger partial charge in [-0.2, -0.15) is 32.4 Å². The minimum Gasteiger partial charge on any atom is -0.390 e. The number of hydrogen-bond acceptors (Lipinski definition) is 10. The van der Waals surface area contributed by atoms with Crippen LogP contribution in [0.2, 0.25) is 0 Å². The van der Waals surface area contributed by atoms with Crippen LogP contribution >= 0.6 is 0 Å². The Hall–Kier alpha value is -4.05. The van der Waals surface area contributed by atoms with Gasteiger partial charge in [-0.3, -0.25) is 9.67 Å². The van der Waals surface area contributed by atoms with E-state index in [1.54, 1.807) is 25.3 Å². The summed E-state index contributed by atoms with van der Waals surface area (Å²) in [6.07, 6.45) is 4.90. The van der Waals surface area contributed by atoms with Crippen molar-refractivity contribution in [2.75, 3.05) is 10.6 Å². The summed E-state index contributed by atoms with van der Waals surface area (Å²) in [5, 5.41) is 24.5. The van der Waals surface area contributed by atoms with Crippen LogP contribution in [0.25, 0.3) is 22.5 Å². The van der Waals surface area contributed by atoms with Crippen LogP contribution in [0, 0.1) is 0 Å². The average molecular weight is 618 g/mol. The lowest BCUT2D eigenvalue weighted by molar-refractivity contribution is -0.143. The zero-order valence-corrected chi connectivity index (χ0v) is 24.2. The molecule has 2 aliphatic rings. The summed E-state index contributed by atoms with van der Waals surface area (Å²) in [6, 6.07) is 4.26. The monoisotopic (exact) mass is 617 g/mol. The van der Waals surface area contributed by atoms with Crippen LogP contribution in [-0.4, -0.2) is 64.3 Å². The van der Waals surface area contributed by atoms with Gasteiger partial charge in [0.05, 0.1) is 40.2 Å². The van der Waals surface area contributed by atoms with E-state index in [1.165, 1.54) is 25.6 Å². The zero-order chi connectivity index (χ0) is 30.6. The molecule has 2 aliphatic carbocycles. The molecule has 4 aromatic heterocycles. The van der Waals surface area contributed by atoms with Gasteiger partial charge in [0, 0.05) is 36.7 Å². The van der Waals surface area contributed by atoms with Gasteiger partial charge in [0.1, 0.15) is 11.5 Å². The van der Waals surface area contributed by atoms with E-state index in [0.717, 1.165) is 14.8 Å². The lowest BCUT2D eigenvalue weighted by Gasteiger charge is -2.33. The molecule has 0 saturated heterocycles. The molecular formula is C27H30F3N9O3S. The van der Waals surface area contributed by atoms with Crippen LogP contribution in [0.5, 0.6) is 0 Å². The largest absolute Gasteiger partial charge is 0.433 e. The number of rotatable bonds is 8. The predicted molar refractivity (Wildman–Crippen MR) is 152 cm³/mol. The van der Waals surface area contributed by atoms with E-state index >= 15 is 0 Å². The van der Waals surface area contributed by atoms with Crippen LogP contribution < -0.4 is 10.6 Å². The van der Waals surface area contributed by atoms with Gasteiger partial charge >= 0.3 is 6.18 Å². The van der Waals surface area contributed by atoms with Crippen molar-refractivity contribution < 1.29 is 26.7 Å². The molecule has 0 amide bonds. The standard InChI is InChI=1S/C27H30F3N9O3S/c1-26(40)8-5-17(6-9-26)34-24-20(22-12-23(27(28,29)30)38(2)37-22)14-32-25(36-24)35-18-7-10-31-21(11-18)16-13-33-39(15-16)43(41,42)19-3-4-19/h7,10-15,17,19,40H,3-6,8-9H2,1-2H3,(H2,31,32,34,35,36). The fourth-order valence-corrected chi connectivity index (χ4v) is 6.55. The maximum absolute atomic E-state index is 13.5. The number of halogens is 3. The molecule has 0 aromatic carbocycles. The summed E-state index contributed by atoms with van der Waals surface area (Å²) in [4.78, 5) is 13.3. The molecule has 43 heavy (non-hydrogen) atoms. The first kappa shape index (κ1) is 29.0. The van der Waals surface area contributed by atoms with Crippen LogP contribution in [0.15, 0.2) is 43.0 Å². The molecule has 3 N–H and O–H groups in total. The van der Waals surface area contributed by atoms with Gasteiger partial charge in [-0.25, -0.2) is 13.4 Å². The minimum absolute atomic E-state index is 0.0658. The van der Waals surface area contributed by atoms with Gasteiger partial charge in [0.15, 0.2) is 0 Å². The van der Waals surface area contributed by atoms with Gasteiger partial charge in [-0.05, 0) is 63.6 Å². The highest BCUT2D eigenvalue weighted by Gasteiger charge is 2.38. The molecule has 0 bridgehead atoms. The molecule has 228 valence electrons. The lowest BCUT2D eigenvalue weighted by atomic mass is 9.83. The summed E-state index contributed by atoms with van der Waals surface area (Å²) >= 11 is 0. The highest BCUT2D eigenvalue weighted by atomic mass is 32.2. The molecule has 0 unspecified atom stereocenters. The fourth-order valence-electron chi connectivity index (χ4n) is 5.07. The van der Waals surface area contributed by atoms with E-state index in [4.69, 9.17) is 0 Å². The highest BCUT2D eigenvalue weighted by molar-refractivity contribution is 7.90. The third-order valence-corrected chi connectivity index (χ3v) is 9.75. The number of hydrogen-bond donors (Lipinski definition) is 3.